The number of benzene rings is 1. The van der Waals surface area contributed by atoms with E-state index < -0.39 is 11.6 Å². The molecule has 10 heteroatoms. The van der Waals surface area contributed by atoms with Crippen molar-refractivity contribution in [2.75, 3.05) is 5.73 Å². The smallest absolute Gasteiger partial charge is 0.192 e. The van der Waals surface area contributed by atoms with Gasteiger partial charge in [0, 0.05) is 22.9 Å². The molecular formula is C21H15F2N5OS2. The summed E-state index contributed by atoms with van der Waals surface area (Å²) in [4.78, 5) is 5.93. The average Bonchev–Trinajstić information content (AvgIpc) is 3.50. The number of halogens is 2. The lowest BCUT2D eigenvalue weighted by Crippen LogP contribution is -2.04. The van der Waals surface area contributed by atoms with Crippen molar-refractivity contribution in [2.45, 2.75) is 17.5 Å². The largest absolute Gasteiger partial charge is 0.467 e. The number of rotatable bonds is 6. The fraction of sp³-hybridized carbons (Fsp3) is 0.0952. The third-order valence-electron chi connectivity index (χ3n) is 4.68. The molecule has 0 aliphatic heterocycles. The minimum absolute atomic E-state index is 0.198. The van der Waals surface area contributed by atoms with Gasteiger partial charge in [-0.1, -0.05) is 11.8 Å². The van der Waals surface area contributed by atoms with Gasteiger partial charge < -0.3 is 10.2 Å². The number of thiophene rings is 1. The number of hydrogen-bond acceptors (Lipinski definition) is 7. The number of hydrogen-bond donors (Lipinski definition) is 1. The Balaban J connectivity index is 1.55. The summed E-state index contributed by atoms with van der Waals surface area (Å²) >= 11 is 2.69. The molecule has 5 rings (SSSR count). The van der Waals surface area contributed by atoms with Crippen LogP contribution in [0.3, 0.4) is 0 Å². The summed E-state index contributed by atoms with van der Waals surface area (Å²) in [7, 11) is 0. The molecule has 0 saturated heterocycles. The van der Waals surface area contributed by atoms with E-state index in [4.69, 9.17) is 10.2 Å². The summed E-state index contributed by atoms with van der Waals surface area (Å²) in [5.74, 6) is 0.520. The molecule has 0 amide bonds. The number of fused-ring (bicyclic) bond motifs is 1. The second-order valence-corrected chi connectivity index (χ2v) is 8.64. The monoisotopic (exact) mass is 455 g/mol. The van der Waals surface area contributed by atoms with Crippen molar-refractivity contribution in [1.82, 2.24) is 19.7 Å². The van der Waals surface area contributed by atoms with Gasteiger partial charge in [-0.2, -0.15) is 0 Å². The highest BCUT2D eigenvalue weighted by molar-refractivity contribution is 7.98. The van der Waals surface area contributed by atoms with Crippen LogP contribution in [-0.2, 0) is 12.3 Å². The van der Waals surface area contributed by atoms with Gasteiger partial charge in [0.05, 0.1) is 23.4 Å². The summed E-state index contributed by atoms with van der Waals surface area (Å²) in [5.41, 5.74) is 7.22. The molecule has 0 atom stereocenters. The molecule has 0 spiro atoms. The van der Waals surface area contributed by atoms with Crippen LogP contribution in [0.15, 0.2) is 64.5 Å². The Bertz CT molecular complexity index is 1360. The van der Waals surface area contributed by atoms with Gasteiger partial charge in [-0.3, -0.25) is 4.57 Å². The van der Waals surface area contributed by atoms with Crippen LogP contribution in [-0.4, -0.2) is 19.7 Å². The molecule has 0 saturated carbocycles. The van der Waals surface area contributed by atoms with E-state index in [1.54, 1.807) is 18.5 Å². The van der Waals surface area contributed by atoms with E-state index in [2.05, 4.69) is 15.2 Å². The predicted molar refractivity (Wildman–Crippen MR) is 117 cm³/mol. The fourth-order valence-electron chi connectivity index (χ4n) is 3.18. The lowest BCUT2D eigenvalue weighted by molar-refractivity contribution is 0.485. The van der Waals surface area contributed by atoms with E-state index in [-0.39, 0.29) is 11.3 Å². The van der Waals surface area contributed by atoms with Crippen LogP contribution in [0.1, 0.15) is 11.3 Å². The Labute approximate surface area is 183 Å². The molecule has 5 aromatic rings. The minimum atomic E-state index is -0.486. The summed E-state index contributed by atoms with van der Waals surface area (Å²) < 4.78 is 35.0. The van der Waals surface area contributed by atoms with Crippen molar-refractivity contribution in [1.29, 1.82) is 0 Å². The van der Waals surface area contributed by atoms with Gasteiger partial charge in [0.25, 0.3) is 0 Å². The first-order valence-corrected chi connectivity index (χ1v) is 11.1. The lowest BCUT2D eigenvalue weighted by atomic mass is 10.2. The average molecular weight is 456 g/mol. The molecule has 4 heterocycles. The van der Waals surface area contributed by atoms with Gasteiger partial charge in [-0.15, -0.1) is 21.5 Å². The molecule has 156 valence electrons. The fourth-order valence-corrected chi connectivity index (χ4v) is 5.15. The van der Waals surface area contributed by atoms with Crippen LogP contribution < -0.4 is 5.73 Å². The van der Waals surface area contributed by atoms with Crippen molar-refractivity contribution < 1.29 is 13.2 Å². The highest BCUT2D eigenvalue weighted by Gasteiger charge is 2.21. The van der Waals surface area contributed by atoms with Crippen LogP contribution >= 0.6 is 23.1 Å². The van der Waals surface area contributed by atoms with Crippen molar-refractivity contribution >= 4 is 39.0 Å². The first kappa shape index (κ1) is 19.7. The zero-order valence-electron chi connectivity index (χ0n) is 16.0. The van der Waals surface area contributed by atoms with Crippen molar-refractivity contribution in [2.24, 2.45) is 0 Å². The number of anilines is 1. The van der Waals surface area contributed by atoms with E-state index >= 15 is 0 Å². The van der Waals surface area contributed by atoms with Crippen molar-refractivity contribution in [3.63, 3.8) is 0 Å². The quantitative estimate of drug-likeness (QED) is 0.348. The van der Waals surface area contributed by atoms with Crippen LogP contribution in [0.2, 0.25) is 0 Å². The summed E-state index contributed by atoms with van der Waals surface area (Å²) in [5, 5.41) is 10.1. The highest BCUT2D eigenvalue weighted by atomic mass is 32.2. The van der Waals surface area contributed by atoms with Gasteiger partial charge in [0.15, 0.2) is 11.0 Å². The SMILES string of the molecule is Nc1c(-c2nnc(SCc3cc(F)ccc3F)n2Cc2ccco2)sc2ncccc12. The molecule has 0 unspecified atom stereocenters. The second-order valence-electron chi connectivity index (χ2n) is 6.70. The maximum absolute atomic E-state index is 14.1. The molecule has 0 aliphatic carbocycles. The number of pyridine rings is 1. The molecule has 0 bridgehead atoms. The molecule has 4 aromatic heterocycles. The van der Waals surface area contributed by atoms with Crippen molar-refractivity contribution in [3.05, 3.63) is 77.9 Å². The van der Waals surface area contributed by atoms with E-state index in [9.17, 15) is 8.78 Å². The van der Waals surface area contributed by atoms with Crippen molar-refractivity contribution in [3.8, 4) is 10.7 Å². The first-order valence-electron chi connectivity index (χ1n) is 9.26. The highest BCUT2D eigenvalue weighted by Crippen LogP contribution is 2.40. The van der Waals surface area contributed by atoms with E-state index in [1.165, 1.54) is 29.2 Å². The molecule has 0 aliphatic rings. The van der Waals surface area contributed by atoms with Gasteiger partial charge in [-0.05, 0) is 42.5 Å². The number of nitrogens with zero attached hydrogens (tertiary/aromatic N) is 4. The predicted octanol–water partition coefficient (Wildman–Crippen LogP) is 5.35. The van der Waals surface area contributed by atoms with Gasteiger partial charge in [0.2, 0.25) is 0 Å². The Morgan fingerprint density at radius 1 is 1.13 bits per heavy atom. The van der Waals surface area contributed by atoms with Gasteiger partial charge >= 0.3 is 0 Å². The molecule has 0 radical (unpaired) electrons. The number of nitrogen functional groups attached to an aromatic ring is 1. The first-order chi connectivity index (χ1) is 15.1. The molecule has 1 aromatic carbocycles. The normalized spacial score (nSPS) is 11.4. The third-order valence-corrected chi connectivity index (χ3v) is 6.82. The van der Waals surface area contributed by atoms with E-state index in [1.807, 2.05) is 22.8 Å². The zero-order chi connectivity index (χ0) is 21.4. The van der Waals surface area contributed by atoms with Crippen LogP contribution in [0.5, 0.6) is 0 Å². The van der Waals surface area contributed by atoms with Crippen LogP contribution in [0.4, 0.5) is 14.5 Å². The van der Waals surface area contributed by atoms with Gasteiger partial charge in [-0.25, -0.2) is 13.8 Å². The third kappa shape index (κ3) is 3.79. The van der Waals surface area contributed by atoms with Crippen LogP contribution in [0.25, 0.3) is 20.9 Å². The maximum atomic E-state index is 14.1. The van der Waals surface area contributed by atoms with Gasteiger partial charge in [0.1, 0.15) is 22.2 Å². The number of nitrogens with two attached hydrogens (primary N) is 1. The molecule has 2 N–H and O–H groups in total. The Kier molecular flexibility index (Phi) is 5.16. The molecular weight excluding hydrogens is 440 g/mol. The summed E-state index contributed by atoms with van der Waals surface area (Å²) in [6.45, 7) is 0.365. The van der Waals surface area contributed by atoms with E-state index in [0.29, 0.717) is 29.0 Å². The number of furan rings is 1. The van der Waals surface area contributed by atoms with E-state index in [0.717, 1.165) is 27.2 Å². The topological polar surface area (TPSA) is 82.8 Å². The molecule has 31 heavy (non-hydrogen) atoms. The summed E-state index contributed by atoms with van der Waals surface area (Å²) in [6.07, 6.45) is 3.30. The summed E-state index contributed by atoms with van der Waals surface area (Å²) in [6, 6.07) is 10.8. The second kappa shape index (κ2) is 8.12. The number of aromatic nitrogens is 4. The maximum Gasteiger partial charge on any atom is 0.192 e. The Morgan fingerprint density at radius 3 is 2.84 bits per heavy atom. The molecule has 0 fully saturated rings. The number of thioether (sulfide) groups is 1. The minimum Gasteiger partial charge on any atom is -0.467 e. The lowest BCUT2D eigenvalue weighted by Gasteiger charge is -2.09. The Morgan fingerprint density at radius 2 is 2.03 bits per heavy atom. The molecule has 6 nitrogen and oxygen atoms in total. The Hall–Kier alpha value is -3.24. The van der Waals surface area contributed by atoms with Crippen LogP contribution in [0, 0.1) is 11.6 Å². The standard InChI is InChI=1S/C21H15F2N5OS2/c22-13-5-6-16(23)12(9-13)11-30-21-27-26-19(28(21)10-14-3-2-8-29-14)18-17(24)15-4-1-7-25-20(15)31-18/h1-9H,10-11,24H2. The zero-order valence-corrected chi connectivity index (χ0v) is 17.6.